The predicted octanol–water partition coefficient (Wildman–Crippen LogP) is 3.31. The van der Waals surface area contributed by atoms with E-state index in [0.29, 0.717) is 17.4 Å². The number of nitrogens with one attached hydrogen (secondary N) is 1. The summed E-state index contributed by atoms with van der Waals surface area (Å²) in [7, 11) is 1.90. The van der Waals surface area contributed by atoms with Gasteiger partial charge in [-0.15, -0.1) is 0 Å². The maximum absolute atomic E-state index is 10.2. The summed E-state index contributed by atoms with van der Waals surface area (Å²) in [6, 6.07) is 3.64. The summed E-state index contributed by atoms with van der Waals surface area (Å²) < 4.78 is 11.5. The molecule has 0 fully saturated rings. The summed E-state index contributed by atoms with van der Waals surface area (Å²) in [6.45, 7) is 6.07. The SMILES string of the molecule is CNC(C)/C=C/c1cnc(Oc2cc3c(cc2O)OC(C)(C)C3)cn1. The Morgan fingerprint density at radius 2 is 2.12 bits per heavy atom. The smallest absolute Gasteiger partial charge is 0.238 e. The largest absolute Gasteiger partial charge is 0.504 e. The maximum atomic E-state index is 10.2. The number of fused-ring (bicyclic) bond motifs is 1. The van der Waals surface area contributed by atoms with E-state index in [1.807, 2.05) is 40.0 Å². The first kappa shape index (κ1) is 17.2. The molecule has 3 rings (SSSR count). The van der Waals surface area contributed by atoms with Crippen LogP contribution in [0.25, 0.3) is 6.08 Å². The first-order valence-electron chi connectivity index (χ1n) is 8.26. The van der Waals surface area contributed by atoms with Crippen LogP contribution in [0.15, 0.2) is 30.6 Å². The molecule has 6 heteroatoms. The Hall–Kier alpha value is -2.60. The van der Waals surface area contributed by atoms with E-state index in [4.69, 9.17) is 9.47 Å². The third kappa shape index (κ3) is 4.09. The van der Waals surface area contributed by atoms with Crippen LogP contribution in [0.2, 0.25) is 0 Å². The fraction of sp³-hybridized carbons (Fsp3) is 0.368. The average Bonchev–Trinajstić information content (AvgIpc) is 2.87. The number of ether oxygens (including phenoxy) is 2. The molecule has 0 bridgehead atoms. The topological polar surface area (TPSA) is 76.5 Å². The van der Waals surface area contributed by atoms with Gasteiger partial charge >= 0.3 is 0 Å². The van der Waals surface area contributed by atoms with Crippen LogP contribution >= 0.6 is 0 Å². The lowest BCUT2D eigenvalue weighted by atomic mass is 10.0. The fourth-order valence-electron chi connectivity index (χ4n) is 2.62. The van der Waals surface area contributed by atoms with E-state index in [0.717, 1.165) is 17.7 Å². The van der Waals surface area contributed by atoms with Gasteiger partial charge in [0.2, 0.25) is 5.88 Å². The molecule has 1 atom stereocenters. The molecule has 1 unspecified atom stereocenters. The molecule has 0 spiro atoms. The minimum Gasteiger partial charge on any atom is -0.504 e. The molecule has 1 aliphatic heterocycles. The van der Waals surface area contributed by atoms with E-state index in [2.05, 4.69) is 15.3 Å². The number of hydrogen-bond donors (Lipinski definition) is 2. The molecule has 1 aliphatic rings. The van der Waals surface area contributed by atoms with Crippen molar-refractivity contribution in [3.63, 3.8) is 0 Å². The third-order valence-corrected chi connectivity index (χ3v) is 4.02. The van der Waals surface area contributed by atoms with Gasteiger partial charge in [-0.25, -0.2) is 9.97 Å². The molecule has 0 saturated carbocycles. The van der Waals surface area contributed by atoms with Gasteiger partial charge in [-0.1, -0.05) is 6.08 Å². The van der Waals surface area contributed by atoms with Crippen LogP contribution in [0, 0.1) is 0 Å². The molecule has 2 heterocycles. The lowest BCUT2D eigenvalue weighted by molar-refractivity contribution is 0.138. The number of hydrogen-bond acceptors (Lipinski definition) is 6. The second-order valence-corrected chi connectivity index (χ2v) is 6.78. The standard InChI is InChI=1S/C19H23N3O3/c1-12(20-4)5-6-14-10-22-18(11-21-14)24-17-7-13-9-19(2,3)25-16(13)8-15(17)23/h5-8,10-12,20,23H,9H2,1-4H3/b6-5+. The average molecular weight is 341 g/mol. The zero-order valence-corrected chi connectivity index (χ0v) is 14.9. The Morgan fingerprint density at radius 3 is 2.80 bits per heavy atom. The minimum atomic E-state index is -0.272. The Labute approximate surface area is 147 Å². The normalized spacial score (nSPS) is 16.5. The highest BCUT2D eigenvalue weighted by Crippen LogP contribution is 2.42. The number of aromatic hydroxyl groups is 1. The minimum absolute atomic E-state index is 0.0186. The van der Waals surface area contributed by atoms with Crippen molar-refractivity contribution in [1.29, 1.82) is 0 Å². The number of likely N-dealkylation sites (N-methyl/N-ethyl adjacent to an activating group) is 1. The number of phenolic OH excluding ortho intramolecular Hbond substituents is 1. The van der Waals surface area contributed by atoms with Crippen molar-refractivity contribution in [3.8, 4) is 23.1 Å². The molecule has 1 aromatic heterocycles. The van der Waals surface area contributed by atoms with E-state index in [9.17, 15) is 5.11 Å². The summed E-state index contributed by atoms with van der Waals surface area (Å²) in [6.07, 6.45) is 7.82. The molecule has 25 heavy (non-hydrogen) atoms. The zero-order chi connectivity index (χ0) is 18.0. The van der Waals surface area contributed by atoms with Gasteiger partial charge in [0.15, 0.2) is 11.5 Å². The fourth-order valence-corrected chi connectivity index (χ4v) is 2.62. The molecule has 0 radical (unpaired) electrons. The van der Waals surface area contributed by atoms with Gasteiger partial charge in [0.05, 0.1) is 18.1 Å². The lowest BCUT2D eigenvalue weighted by Crippen LogP contribution is -2.24. The van der Waals surface area contributed by atoms with Crippen LogP contribution < -0.4 is 14.8 Å². The highest BCUT2D eigenvalue weighted by molar-refractivity contribution is 5.53. The monoisotopic (exact) mass is 341 g/mol. The molecule has 2 aromatic rings. The van der Waals surface area contributed by atoms with Crippen LogP contribution in [-0.2, 0) is 6.42 Å². The van der Waals surface area contributed by atoms with E-state index < -0.39 is 0 Å². The Kier molecular flexibility index (Phi) is 4.63. The molecule has 0 saturated heterocycles. The summed E-state index contributed by atoms with van der Waals surface area (Å²) in [5.41, 5.74) is 1.47. The van der Waals surface area contributed by atoms with Crippen molar-refractivity contribution in [2.75, 3.05) is 7.05 Å². The third-order valence-electron chi connectivity index (χ3n) is 4.02. The molecule has 0 aliphatic carbocycles. The van der Waals surface area contributed by atoms with Crippen molar-refractivity contribution in [3.05, 3.63) is 41.9 Å². The van der Waals surface area contributed by atoms with Crippen LogP contribution in [-0.4, -0.2) is 33.8 Å². The van der Waals surface area contributed by atoms with Gasteiger partial charge < -0.3 is 19.9 Å². The second-order valence-electron chi connectivity index (χ2n) is 6.78. The van der Waals surface area contributed by atoms with Gasteiger partial charge in [0.25, 0.3) is 0 Å². The molecular formula is C19H23N3O3. The zero-order valence-electron chi connectivity index (χ0n) is 14.9. The first-order valence-corrected chi connectivity index (χ1v) is 8.26. The van der Waals surface area contributed by atoms with Gasteiger partial charge in [-0.05, 0) is 40.0 Å². The van der Waals surface area contributed by atoms with Crippen LogP contribution in [0.4, 0.5) is 0 Å². The van der Waals surface area contributed by atoms with Crippen molar-refractivity contribution in [2.45, 2.75) is 38.8 Å². The van der Waals surface area contributed by atoms with Gasteiger partial charge in [-0.3, -0.25) is 0 Å². The molecule has 132 valence electrons. The number of benzene rings is 1. The Balaban J connectivity index is 1.74. The predicted molar refractivity (Wildman–Crippen MR) is 96.2 cm³/mol. The van der Waals surface area contributed by atoms with E-state index >= 15 is 0 Å². The van der Waals surface area contributed by atoms with Crippen molar-refractivity contribution in [2.24, 2.45) is 0 Å². The molecule has 1 aromatic carbocycles. The van der Waals surface area contributed by atoms with E-state index in [1.165, 1.54) is 6.20 Å². The van der Waals surface area contributed by atoms with Crippen LogP contribution in [0.3, 0.4) is 0 Å². The molecule has 2 N–H and O–H groups in total. The molecule has 0 amide bonds. The first-order chi connectivity index (χ1) is 11.9. The maximum Gasteiger partial charge on any atom is 0.238 e. The second kappa shape index (κ2) is 6.72. The van der Waals surface area contributed by atoms with Crippen LogP contribution in [0.5, 0.6) is 23.1 Å². The number of aromatic nitrogens is 2. The highest BCUT2D eigenvalue weighted by Gasteiger charge is 2.31. The van der Waals surface area contributed by atoms with Gasteiger partial charge in [-0.2, -0.15) is 0 Å². The number of nitrogens with zero attached hydrogens (tertiary/aromatic N) is 2. The molecule has 6 nitrogen and oxygen atoms in total. The highest BCUT2D eigenvalue weighted by atomic mass is 16.5. The van der Waals surface area contributed by atoms with Crippen LogP contribution in [0.1, 0.15) is 32.0 Å². The van der Waals surface area contributed by atoms with Crippen molar-refractivity contribution < 1.29 is 14.6 Å². The quantitative estimate of drug-likeness (QED) is 0.869. The Morgan fingerprint density at radius 1 is 1.32 bits per heavy atom. The van der Waals surface area contributed by atoms with Gasteiger partial charge in [0, 0.05) is 24.1 Å². The van der Waals surface area contributed by atoms with Crippen molar-refractivity contribution >= 4 is 6.08 Å². The van der Waals surface area contributed by atoms with Gasteiger partial charge in [0.1, 0.15) is 11.4 Å². The summed E-state index contributed by atoms with van der Waals surface area (Å²) in [4.78, 5) is 8.54. The van der Waals surface area contributed by atoms with E-state index in [1.54, 1.807) is 18.3 Å². The number of phenols is 1. The Bertz CT molecular complexity index is 785. The summed E-state index contributed by atoms with van der Waals surface area (Å²) in [5.74, 6) is 1.39. The molecular weight excluding hydrogens is 318 g/mol. The van der Waals surface area contributed by atoms with Crippen molar-refractivity contribution in [1.82, 2.24) is 15.3 Å². The lowest BCUT2D eigenvalue weighted by Gasteiger charge is -2.16. The number of rotatable bonds is 5. The summed E-state index contributed by atoms with van der Waals surface area (Å²) in [5, 5.41) is 13.3. The summed E-state index contributed by atoms with van der Waals surface area (Å²) >= 11 is 0. The van der Waals surface area contributed by atoms with E-state index in [-0.39, 0.29) is 17.4 Å².